The number of hydrogen-bond donors (Lipinski definition) is 1. The van der Waals surface area contributed by atoms with Gasteiger partial charge in [0.2, 0.25) is 0 Å². The van der Waals surface area contributed by atoms with Gasteiger partial charge in [-0.3, -0.25) is 0 Å². The number of ether oxygens (including phenoxy) is 1. The molecule has 1 N–H and O–H groups in total. The van der Waals surface area contributed by atoms with Gasteiger partial charge in [0.05, 0.1) is 0 Å². The first-order chi connectivity index (χ1) is 8.76. The molecule has 1 rings (SSSR count). The summed E-state index contributed by atoms with van der Waals surface area (Å²) in [4.78, 5) is 2.24. The summed E-state index contributed by atoms with van der Waals surface area (Å²) < 4.78 is 5.70. The molecule has 102 valence electrons. The van der Waals surface area contributed by atoms with Gasteiger partial charge in [0, 0.05) is 13.1 Å². The van der Waals surface area contributed by atoms with Crippen molar-refractivity contribution in [3.63, 3.8) is 0 Å². The van der Waals surface area contributed by atoms with Crippen LogP contribution < -0.4 is 10.1 Å². The second-order valence-electron chi connectivity index (χ2n) is 4.57. The predicted octanol–water partition coefficient (Wildman–Crippen LogP) is 2.52. The van der Waals surface area contributed by atoms with E-state index in [1.54, 1.807) is 0 Å². The number of hydrogen-bond acceptors (Lipinski definition) is 3. The second kappa shape index (κ2) is 8.95. The Morgan fingerprint density at radius 3 is 2.50 bits per heavy atom. The van der Waals surface area contributed by atoms with Crippen molar-refractivity contribution in [3.8, 4) is 5.75 Å². The van der Waals surface area contributed by atoms with Gasteiger partial charge in [0.1, 0.15) is 12.4 Å². The van der Waals surface area contributed by atoms with Crippen molar-refractivity contribution in [2.75, 3.05) is 33.3 Å². The molecule has 0 saturated heterocycles. The van der Waals surface area contributed by atoms with Crippen molar-refractivity contribution in [2.45, 2.75) is 26.8 Å². The zero-order valence-corrected chi connectivity index (χ0v) is 11.9. The lowest BCUT2D eigenvalue weighted by atomic mass is 10.2. The van der Waals surface area contributed by atoms with Gasteiger partial charge in [-0.05, 0) is 44.3 Å². The van der Waals surface area contributed by atoms with E-state index in [9.17, 15) is 0 Å². The number of benzene rings is 1. The summed E-state index contributed by atoms with van der Waals surface area (Å²) in [7, 11) is 2.10. The summed E-state index contributed by atoms with van der Waals surface area (Å²) >= 11 is 0. The third-order valence-corrected chi connectivity index (χ3v) is 2.96. The monoisotopic (exact) mass is 250 g/mol. The molecule has 0 fully saturated rings. The van der Waals surface area contributed by atoms with Gasteiger partial charge in [-0.2, -0.15) is 0 Å². The first-order valence-electron chi connectivity index (χ1n) is 6.87. The molecule has 0 spiro atoms. The van der Waals surface area contributed by atoms with Crippen LogP contribution >= 0.6 is 0 Å². The molecule has 0 amide bonds. The average molecular weight is 250 g/mol. The molecule has 3 nitrogen and oxygen atoms in total. The van der Waals surface area contributed by atoms with Crippen molar-refractivity contribution in [1.82, 2.24) is 10.2 Å². The van der Waals surface area contributed by atoms with Gasteiger partial charge < -0.3 is 15.0 Å². The molecule has 0 atom stereocenters. The highest BCUT2D eigenvalue weighted by molar-refractivity contribution is 5.27. The Bertz CT molecular complexity index is 311. The molecule has 0 bridgehead atoms. The van der Waals surface area contributed by atoms with Crippen molar-refractivity contribution in [3.05, 3.63) is 29.8 Å². The number of nitrogens with zero attached hydrogens (tertiary/aromatic N) is 1. The van der Waals surface area contributed by atoms with E-state index in [2.05, 4.69) is 55.4 Å². The van der Waals surface area contributed by atoms with Crippen LogP contribution in [0.25, 0.3) is 0 Å². The third kappa shape index (κ3) is 6.03. The largest absolute Gasteiger partial charge is 0.492 e. The highest BCUT2D eigenvalue weighted by Crippen LogP contribution is 2.12. The minimum atomic E-state index is 0.748. The standard InChI is InChI=1S/C15H26N2O/c1-4-10-16-13-14-6-8-15(9-7-14)18-12-11-17(3)5-2/h6-9,16H,4-5,10-13H2,1-3H3. The lowest BCUT2D eigenvalue weighted by Gasteiger charge is -2.14. The molecule has 0 aliphatic heterocycles. The van der Waals surface area contributed by atoms with Gasteiger partial charge in [-0.25, -0.2) is 0 Å². The molecule has 0 aliphatic rings. The summed E-state index contributed by atoms with van der Waals surface area (Å²) in [5.41, 5.74) is 1.31. The number of nitrogens with one attached hydrogen (secondary N) is 1. The minimum Gasteiger partial charge on any atom is -0.492 e. The Hall–Kier alpha value is -1.06. The lowest BCUT2D eigenvalue weighted by molar-refractivity contribution is 0.244. The molecule has 3 heteroatoms. The van der Waals surface area contributed by atoms with Crippen LogP contribution in [0.3, 0.4) is 0 Å². The molecule has 0 heterocycles. The van der Waals surface area contributed by atoms with E-state index in [-0.39, 0.29) is 0 Å². The topological polar surface area (TPSA) is 24.5 Å². The zero-order chi connectivity index (χ0) is 13.2. The number of rotatable bonds is 9. The van der Waals surface area contributed by atoms with Crippen LogP contribution in [-0.4, -0.2) is 38.2 Å². The zero-order valence-electron chi connectivity index (χ0n) is 11.9. The normalized spacial score (nSPS) is 10.9. The summed E-state index contributed by atoms with van der Waals surface area (Å²) in [6.07, 6.45) is 1.17. The van der Waals surface area contributed by atoms with Crippen LogP contribution in [0.4, 0.5) is 0 Å². The summed E-state index contributed by atoms with van der Waals surface area (Å²) in [5.74, 6) is 0.957. The molecule has 18 heavy (non-hydrogen) atoms. The van der Waals surface area contributed by atoms with Crippen molar-refractivity contribution in [2.24, 2.45) is 0 Å². The molecular formula is C15H26N2O. The van der Waals surface area contributed by atoms with E-state index < -0.39 is 0 Å². The first kappa shape index (κ1) is 15.0. The van der Waals surface area contributed by atoms with Gasteiger partial charge >= 0.3 is 0 Å². The maximum Gasteiger partial charge on any atom is 0.119 e. The van der Waals surface area contributed by atoms with E-state index >= 15 is 0 Å². The summed E-state index contributed by atoms with van der Waals surface area (Å²) in [5, 5.41) is 3.39. The van der Waals surface area contributed by atoms with E-state index in [1.165, 1.54) is 12.0 Å². The van der Waals surface area contributed by atoms with Crippen LogP contribution in [0.15, 0.2) is 24.3 Å². The maximum atomic E-state index is 5.70. The fourth-order valence-electron chi connectivity index (χ4n) is 1.59. The molecule has 1 aromatic carbocycles. The van der Waals surface area contributed by atoms with Gasteiger partial charge in [0.25, 0.3) is 0 Å². The highest BCUT2D eigenvalue weighted by Gasteiger charge is 1.97. The van der Waals surface area contributed by atoms with E-state index in [0.29, 0.717) is 0 Å². The van der Waals surface area contributed by atoms with Crippen LogP contribution in [0.2, 0.25) is 0 Å². The molecule has 0 unspecified atom stereocenters. The SMILES string of the molecule is CCCNCc1ccc(OCCN(C)CC)cc1. The van der Waals surface area contributed by atoms with Gasteiger partial charge in [-0.15, -0.1) is 0 Å². The average Bonchev–Trinajstić information content (AvgIpc) is 2.40. The summed E-state index contributed by atoms with van der Waals surface area (Å²) in [6.45, 7) is 9.11. The lowest BCUT2D eigenvalue weighted by Crippen LogP contribution is -2.23. The Labute approximate surface area is 111 Å². The molecule has 0 radical (unpaired) electrons. The molecule has 1 aromatic rings. The maximum absolute atomic E-state index is 5.70. The van der Waals surface area contributed by atoms with Crippen molar-refractivity contribution >= 4 is 0 Å². The van der Waals surface area contributed by atoms with Gasteiger partial charge in [-0.1, -0.05) is 26.0 Å². The quantitative estimate of drug-likeness (QED) is 0.682. The van der Waals surface area contributed by atoms with E-state index in [0.717, 1.165) is 38.5 Å². The Morgan fingerprint density at radius 2 is 1.89 bits per heavy atom. The Balaban J connectivity index is 2.27. The molecular weight excluding hydrogens is 224 g/mol. The first-order valence-corrected chi connectivity index (χ1v) is 6.87. The Kier molecular flexibility index (Phi) is 7.46. The molecule has 0 aromatic heterocycles. The molecule has 0 aliphatic carbocycles. The minimum absolute atomic E-state index is 0.748. The highest BCUT2D eigenvalue weighted by atomic mass is 16.5. The van der Waals surface area contributed by atoms with Crippen LogP contribution in [0, 0.1) is 0 Å². The number of likely N-dealkylation sites (N-methyl/N-ethyl adjacent to an activating group) is 1. The Morgan fingerprint density at radius 1 is 1.17 bits per heavy atom. The third-order valence-electron chi connectivity index (χ3n) is 2.96. The van der Waals surface area contributed by atoms with E-state index in [4.69, 9.17) is 4.74 Å². The van der Waals surface area contributed by atoms with Crippen LogP contribution in [0.5, 0.6) is 5.75 Å². The molecule has 0 saturated carbocycles. The van der Waals surface area contributed by atoms with Crippen LogP contribution in [0.1, 0.15) is 25.8 Å². The van der Waals surface area contributed by atoms with E-state index in [1.807, 2.05) is 0 Å². The fourth-order valence-corrected chi connectivity index (χ4v) is 1.59. The second-order valence-corrected chi connectivity index (χ2v) is 4.57. The van der Waals surface area contributed by atoms with Crippen molar-refractivity contribution < 1.29 is 4.74 Å². The van der Waals surface area contributed by atoms with Gasteiger partial charge in [0.15, 0.2) is 0 Å². The van der Waals surface area contributed by atoms with Crippen molar-refractivity contribution in [1.29, 1.82) is 0 Å². The predicted molar refractivity (Wildman–Crippen MR) is 77.1 cm³/mol. The summed E-state index contributed by atoms with van der Waals surface area (Å²) in [6, 6.07) is 8.35. The fraction of sp³-hybridized carbons (Fsp3) is 0.600. The van der Waals surface area contributed by atoms with Crippen LogP contribution in [-0.2, 0) is 6.54 Å². The smallest absolute Gasteiger partial charge is 0.119 e.